The smallest absolute Gasteiger partial charge is 0.356 e. The third-order valence-electron chi connectivity index (χ3n) is 3.84. The van der Waals surface area contributed by atoms with E-state index in [4.69, 9.17) is 16.7 Å². The lowest BCUT2D eigenvalue weighted by Crippen LogP contribution is -2.35. The van der Waals surface area contributed by atoms with Crippen molar-refractivity contribution >= 4 is 23.4 Å². The molecule has 0 aromatic carbocycles. The molecule has 2 heterocycles. The normalized spacial score (nSPS) is 16.9. The number of carbonyl (C=O) groups is 1. The van der Waals surface area contributed by atoms with Crippen molar-refractivity contribution in [3.05, 3.63) is 22.8 Å². The number of hydrogen-bond donors (Lipinski definition) is 1. The van der Waals surface area contributed by atoms with Gasteiger partial charge in [-0.15, -0.1) is 0 Å². The van der Waals surface area contributed by atoms with Crippen LogP contribution < -0.4 is 4.90 Å². The van der Waals surface area contributed by atoms with Gasteiger partial charge in [-0.2, -0.15) is 0 Å². The fraction of sp³-hybridized carbons (Fsp3) is 0.571. The van der Waals surface area contributed by atoms with Gasteiger partial charge in [-0.3, -0.25) is 0 Å². The molecule has 0 saturated carbocycles. The number of nitrogens with zero attached hydrogens (tertiary/aromatic N) is 2. The Balaban J connectivity index is 2.12. The number of rotatable bonds is 3. The summed E-state index contributed by atoms with van der Waals surface area (Å²) in [4.78, 5) is 17.3. The van der Waals surface area contributed by atoms with Crippen LogP contribution in [-0.4, -0.2) is 29.1 Å². The van der Waals surface area contributed by atoms with Gasteiger partial charge in [0.1, 0.15) is 5.82 Å². The highest BCUT2D eigenvalue weighted by Crippen LogP contribution is 2.28. The average Bonchev–Trinajstić information content (AvgIpc) is 2.39. The highest BCUT2D eigenvalue weighted by Gasteiger charge is 2.23. The molecule has 0 spiro atoms. The van der Waals surface area contributed by atoms with Crippen LogP contribution in [0, 0.1) is 11.8 Å². The maximum Gasteiger partial charge on any atom is 0.356 e. The molecule has 2 rings (SSSR count). The number of pyridine rings is 1. The molecule has 0 unspecified atom stereocenters. The number of halogens is 1. The number of carboxylic acid groups (broad SMARTS) is 1. The van der Waals surface area contributed by atoms with Crippen molar-refractivity contribution in [1.82, 2.24) is 4.98 Å². The van der Waals surface area contributed by atoms with E-state index in [1.807, 2.05) is 0 Å². The van der Waals surface area contributed by atoms with Crippen molar-refractivity contribution in [3.8, 4) is 0 Å². The van der Waals surface area contributed by atoms with Crippen molar-refractivity contribution in [3.63, 3.8) is 0 Å². The van der Waals surface area contributed by atoms with Crippen LogP contribution in [0.5, 0.6) is 0 Å². The van der Waals surface area contributed by atoms with Crippen LogP contribution in [0.15, 0.2) is 12.1 Å². The molecular weight excluding hydrogens is 264 g/mol. The highest BCUT2D eigenvalue weighted by molar-refractivity contribution is 6.33. The van der Waals surface area contributed by atoms with Crippen molar-refractivity contribution in [2.45, 2.75) is 26.7 Å². The van der Waals surface area contributed by atoms with Gasteiger partial charge in [-0.25, -0.2) is 9.78 Å². The minimum Gasteiger partial charge on any atom is -0.476 e. The van der Waals surface area contributed by atoms with E-state index in [0.29, 0.717) is 11.7 Å². The van der Waals surface area contributed by atoms with Gasteiger partial charge >= 0.3 is 5.97 Å². The van der Waals surface area contributed by atoms with E-state index in [1.165, 1.54) is 0 Å². The maximum absolute atomic E-state index is 11.0. The molecule has 0 aliphatic carbocycles. The quantitative estimate of drug-likeness (QED) is 0.924. The molecule has 19 heavy (non-hydrogen) atoms. The van der Waals surface area contributed by atoms with Crippen LogP contribution in [0.2, 0.25) is 5.02 Å². The number of piperidine rings is 1. The summed E-state index contributed by atoms with van der Waals surface area (Å²) in [7, 11) is 0. The predicted molar refractivity (Wildman–Crippen MR) is 76.0 cm³/mol. The van der Waals surface area contributed by atoms with Gasteiger partial charge in [0.2, 0.25) is 0 Å². The summed E-state index contributed by atoms with van der Waals surface area (Å²) in [5.74, 6) is 1.09. The number of aromatic nitrogens is 1. The van der Waals surface area contributed by atoms with Crippen molar-refractivity contribution < 1.29 is 9.90 Å². The topological polar surface area (TPSA) is 53.4 Å². The Labute approximate surface area is 118 Å². The van der Waals surface area contributed by atoms with Gasteiger partial charge in [0.15, 0.2) is 5.69 Å². The van der Waals surface area contributed by atoms with Gasteiger partial charge in [0.05, 0.1) is 5.02 Å². The van der Waals surface area contributed by atoms with E-state index in [9.17, 15) is 4.79 Å². The molecule has 0 atom stereocenters. The summed E-state index contributed by atoms with van der Waals surface area (Å²) in [6.45, 7) is 6.36. The Morgan fingerprint density at radius 3 is 2.58 bits per heavy atom. The van der Waals surface area contributed by atoms with E-state index >= 15 is 0 Å². The molecular formula is C14H19ClN2O2. The lowest BCUT2D eigenvalue weighted by molar-refractivity contribution is 0.0691. The van der Waals surface area contributed by atoms with E-state index in [1.54, 1.807) is 12.1 Å². The van der Waals surface area contributed by atoms with Crippen LogP contribution in [0.3, 0.4) is 0 Å². The Morgan fingerprint density at radius 1 is 1.42 bits per heavy atom. The number of carboxylic acids is 1. The zero-order valence-corrected chi connectivity index (χ0v) is 12.0. The second-order valence-electron chi connectivity index (χ2n) is 5.37. The Kier molecular flexibility index (Phi) is 4.30. The molecule has 1 aliphatic rings. The molecule has 1 N–H and O–H groups in total. The van der Waals surface area contributed by atoms with Crippen LogP contribution >= 0.6 is 11.6 Å². The summed E-state index contributed by atoms with van der Waals surface area (Å²) in [5, 5.41) is 9.23. The third-order valence-corrected chi connectivity index (χ3v) is 4.15. The molecule has 1 fully saturated rings. The fourth-order valence-electron chi connectivity index (χ4n) is 2.55. The first-order valence-corrected chi connectivity index (χ1v) is 7.01. The molecule has 1 aromatic heterocycles. The molecule has 1 saturated heterocycles. The van der Waals surface area contributed by atoms with E-state index < -0.39 is 5.97 Å². The number of hydrogen-bond acceptors (Lipinski definition) is 3. The second kappa shape index (κ2) is 5.78. The van der Waals surface area contributed by atoms with Gasteiger partial charge in [-0.1, -0.05) is 25.4 Å². The lowest BCUT2D eigenvalue weighted by atomic mass is 9.87. The molecule has 5 heteroatoms. The minimum absolute atomic E-state index is 0.0647. The Bertz CT molecular complexity index is 469. The standard InChI is InChI=1S/C14H19ClN2O2/c1-9(2)10-5-7-17(8-6-10)12-4-3-11(15)13(16-12)14(18)19/h3-4,9-10H,5-8H2,1-2H3,(H,18,19). The summed E-state index contributed by atoms with van der Waals surface area (Å²) in [5.41, 5.74) is -0.0647. The Hall–Kier alpha value is -1.29. The van der Waals surface area contributed by atoms with Gasteiger partial charge in [0.25, 0.3) is 0 Å². The van der Waals surface area contributed by atoms with Gasteiger partial charge in [0, 0.05) is 13.1 Å². The molecule has 4 nitrogen and oxygen atoms in total. The Morgan fingerprint density at radius 2 is 2.05 bits per heavy atom. The monoisotopic (exact) mass is 282 g/mol. The molecule has 0 radical (unpaired) electrons. The molecule has 0 amide bonds. The number of aromatic carboxylic acids is 1. The average molecular weight is 283 g/mol. The molecule has 104 valence electrons. The predicted octanol–water partition coefficient (Wildman–Crippen LogP) is 3.31. The largest absolute Gasteiger partial charge is 0.476 e. The molecule has 1 aromatic rings. The van der Waals surface area contributed by atoms with Crippen LogP contribution in [-0.2, 0) is 0 Å². The van der Waals surface area contributed by atoms with Crippen molar-refractivity contribution in [2.24, 2.45) is 11.8 Å². The summed E-state index contributed by atoms with van der Waals surface area (Å²) in [6, 6.07) is 3.41. The molecule has 1 aliphatic heterocycles. The van der Waals surface area contributed by atoms with E-state index in [2.05, 4.69) is 23.7 Å². The second-order valence-corrected chi connectivity index (χ2v) is 5.78. The maximum atomic E-state index is 11.0. The summed E-state index contributed by atoms with van der Waals surface area (Å²) < 4.78 is 0. The van der Waals surface area contributed by atoms with Gasteiger partial charge in [-0.05, 0) is 36.8 Å². The zero-order valence-electron chi connectivity index (χ0n) is 11.3. The first-order chi connectivity index (χ1) is 8.99. The fourth-order valence-corrected chi connectivity index (χ4v) is 2.74. The lowest BCUT2D eigenvalue weighted by Gasteiger charge is -2.34. The first kappa shape index (κ1) is 14.1. The number of anilines is 1. The van der Waals surface area contributed by atoms with Crippen LogP contribution in [0.25, 0.3) is 0 Å². The first-order valence-electron chi connectivity index (χ1n) is 6.64. The van der Waals surface area contributed by atoms with Gasteiger partial charge < -0.3 is 10.0 Å². The third kappa shape index (κ3) is 3.18. The van der Waals surface area contributed by atoms with E-state index in [-0.39, 0.29) is 10.7 Å². The van der Waals surface area contributed by atoms with Crippen LogP contribution in [0.1, 0.15) is 37.2 Å². The van der Waals surface area contributed by atoms with Crippen LogP contribution in [0.4, 0.5) is 5.82 Å². The zero-order chi connectivity index (χ0) is 14.0. The van der Waals surface area contributed by atoms with E-state index in [0.717, 1.165) is 31.8 Å². The van der Waals surface area contributed by atoms with Crippen molar-refractivity contribution in [2.75, 3.05) is 18.0 Å². The highest BCUT2D eigenvalue weighted by atomic mass is 35.5. The minimum atomic E-state index is -1.08. The molecule has 0 bridgehead atoms. The van der Waals surface area contributed by atoms with Crippen molar-refractivity contribution in [1.29, 1.82) is 0 Å². The SMILES string of the molecule is CC(C)C1CCN(c2ccc(Cl)c(C(=O)O)n2)CC1. The summed E-state index contributed by atoms with van der Waals surface area (Å²) in [6.07, 6.45) is 2.26. The summed E-state index contributed by atoms with van der Waals surface area (Å²) >= 11 is 5.83.